The topological polar surface area (TPSA) is 86.7 Å². The van der Waals surface area contributed by atoms with Gasteiger partial charge in [0.2, 0.25) is 0 Å². The molecule has 3 aromatic rings. The van der Waals surface area contributed by atoms with Crippen LogP contribution in [-0.4, -0.2) is 22.5 Å². The van der Waals surface area contributed by atoms with E-state index in [9.17, 15) is 14.9 Å². The van der Waals surface area contributed by atoms with Crippen molar-refractivity contribution >= 4 is 33.1 Å². The Kier molecular flexibility index (Phi) is 5.13. The van der Waals surface area contributed by atoms with Crippen LogP contribution in [-0.2, 0) is 6.54 Å². The average Bonchev–Trinajstić information content (AvgIpc) is 2.99. The summed E-state index contributed by atoms with van der Waals surface area (Å²) in [7, 11) is 1.61. The molecular weight excluding hydrogens is 354 g/mol. The third kappa shape index (κ3) is 3.36. The number of aryl methyl sites for hydroxylation is 1. The SMILES string of the molecule is CCCn1c(=NC(=O)c2ccc([N+](=O)[O-])cc2)sc2cccc(OC)c21. The van der Waals surface area contributed by atoms with E-state index >= 15 is 0 Å². The van der Waals surface area contributed by atoms with E-state index in [2.05, 4.69) is 4.99 Å². The van der Waals surface area contributed by atoms with Gasteiger partial charge in [0.15, 0.2) is 4.80 Å². The number of fused-ring (bicyclic) bond motifs is 1. The number of ether oxygens (including phenoxy) is 1. The highest BCUT2D eigenvalue weighted by atomic mass is 32.1. The van der Waals surface area contributed by atoms with Crippen molar-refractivity contribution in [2.24, 2.45) is 4.99 Å². The number of hydrogen-bond acceptors (Lipinski definition) is 5. The largest absolute Gasteiger partial charge is 0.495 e. The Labute approximate surface area is 153 Å². The fourth-order valence-corrected chi connectivity index (χ4v) is 3.73. The second-order valence-electron chi connectivity index (χ2n) is 5.56. The molecule has 0 aliphatic rings. The average molecular weight is 371 g/mol. The van der Waals surface area contributed by atoms with Gasteiger partial charge in [-0.1, -0.05) is 24.3 Å². The lowest BCUT2D eigenvalue weighted by molar-refractivity contribution is -0.384. The molecular formula is C18H17N3O4S. The van der Waals surface area contributed by atoms with Crippen LogP contribution in [0.4, 0.5) is 5.69 Å². The Balaban J connectivity index is 2.09. The number of aromatic nitrogens is 1. The van der Waals surface area contributed by atoms with E-state index in [-0.39, 0.29) is 5.69 Å². The highest BCUT2D eigenvalue weighted by Crippen LogP contribution is 2.27. The first-order valence-corrected chi connectivity index (χ1v) is 8.86. The molecule has 0 unspecified atom stereocenters. The number of hydrogen-bond donors (Lipinski definition) is 0. The van der Waals surface area contributed by atoms with E-state index < -0.39 is 10.8 Å². The standard InChI is InChI=1S/C18H17N3O4S/c1-3-11-20-16-14(25-2)5-4-6-15(16)26-18(20)19-17(22)12-7-9-13(10-8-12)21(23)24/h4-10H,3,11H2,1-2H3. The minimum Gasteiger partial charge on any atom is -0.495 e. The van der Waals surface area contributed by atoms with Crippen molar-refractivity contribution in [2.75, 3.05) is 7.11 Å². The predicted molar refractivity (Wildman–Crippen MR) is 99.6 cm³/mol. The number of methoxy groups -OCH3 is 1. The first-order chi connectivity index (χ1) is 12.5. The minimum atomic E-state index is -0.501. The van der Waals surface area contributed by atoms with E-state index in [1.54, 1.807) is 7.11 Å². The lowest BCUT2D eigenvalue weighted by Crippen LogP contribution is -2.17. The Morgan fingerprint density at radius 1 is 1.27 bits per heavy atom. The Hall–Kier alpha value is -3.00. The number of nitrogens with zero attached hydrogens (tertiary/aromatic N) is 3. The first-order valence-electron chi connectivity index (χ1n) is 8.05. The number of nitro groups is 1. The molecule has 0 saturated heterocycles. The van der Waals surface area contributed by atoms with Crippen LogP contribution in [0.1, 0.15) is 23.7 Å². The van der Waals surface area contributed by atoms with Gasteiger partial charge < -0.3 is 9.30 Å². The zero-order valence-electron chi connectivity index (χ0n) is 14.3. The number of amides is 1. The van der Waals surface area contributed by atoms with Gasteiger partial charge in [-0.05, 0) is 30.7 Å². The lowest BCUT2D eigenvalue weighted by Gasteiger charge is -2.07. The molecule has 134 valence electrons. The third-order valence-corrected chi connectivity index (χ3v) is 4.90. The van der Waals surface area contributed by atoms with Crippen LogP contribution < -0.4 is 9.54 Å². The van der Waals surface area contributed by atoms with Crippen LogP contribution in [0.3, 0.4) is 0 Å². The summed E-state index contributed by atoms with van der Waals surface area (Å²) in [4.78, 5) is 27.6. The molecule has 1 heterocycles. The van der Waals surface area contributed by atoms with Crippen LogP contribution in [0.15, 0.2) is 47.5 Å². The van der Waals surface area contributed by atoms with Gasteiger partial charge in [-0.2, -0.15) is 4.99 Å². The molecule has 0 radical (unpaired) electrons. The van der Waals surface area contributed by atoms with Gasteiger partial charge in [0.05, 0.1) is 16.7 Å². The van der Waals surface area contributed by atoms with Crippen LogP contribution in [0.5, 0.6) is 5.75 Å². The van der Waals surface area contributed by atoms with Crippen molar-refractivity contribution in [1.82, 2.24) is 4.57 Å². The first kappa shape index (κ1) is 17.8. The van der Waals surface area contributed by atoms with E-state index in [0.29, 0.717) is 16.9 Å². The summed E-state index contributed by atoms with van der Waals surface area (Å²) in [6, 6.07) is 11.2. The quantitative estimate of drug-likeness (QED) is 0.504. The minimum absolute atomic E-state index is 0.0609. The number of benzene rings is 2. The highest BCUT2D eigenvalue weighted by molar-refractivity contribution is 7.16. The zero-order valence-corrected chi connectivity index (χ0v) is 15.2. The van der Waals surface area contributed by atoms with Gasteiger partial charge >= 0.3 is 0 Å². The molecule has 0 spiro atoms. The predicted octanol–water partition coefficient (Wildman–Crippen LogP) is 3.77. The number of nitro benzene ring substituents is 1. The van der Waals surface area contributed by atoms with Gasteiger partial charge in [-0.15, -0.1) is 0 Å². The number of thiazole rings is 1. The molecule has 1 amide bonds. The smallest absolute Gasteiger partial charge is 0.279 e. The molecule has 2 aromatic carbocycles. The second-order valence-corrected chi connectivity index (χ2v) is 6.57. The molecule has 26 heavy (non-hydrogen) atoms. The molecule has 7 nitrogen and oxygen atoms in total. The van der Waals surface area contributed by atoms with Gasteiger partial charge in [0.25, 0.3) is 11.6 Å². The molecule has 8 heteroatoms. The fourth-order valence-electron chi connectivity index (χ4n) is 2.66. The van der Waals surface area contributed by atoms with E-state index in [1.165, 1.54) is 35.6 Å². The molecule has 0 saturated carbocycles. The number of carbonyl (C=O) groups is 1. The second kappa shape index (κ2) is 7.49. The van der Waals surface area contributed by atoms with Gasteiger partial charge in [-0.25, -0.2) is 0 Å². The van der Waals surface area contributed by atoms with Crippen LogP contribution in [0.25, 0.3) is 10.2 Å². The van der Waals surface area contributed by atoms with Gasteiger partial charge in [0, 0.05) is 24.2 Å². The van der Waals surface area contributed by atoms with E-state index in [0.717, 1.165) is 22.4 Å². The molecule has 0 bridgehead atoms. The Morgan fingerprint density at radius 2 is 2.00 bits per heavy atom. The lowest BCUT2D eigenvalue weighted by atomic mass is 10.2. The summed E-state index contributed by atoms with van der Waals surface area (Å²) in [5, 5.41) is 10.7. The number of rotatable bonds is 5. The number of carbonyl (C=O) groups excluding carboxylic acids is 1. The van der Waals surface area contributed by atoms with Crippen molar-refractivity contribution in [3.63, 3.8) is 0 Å². The Bertz CT molecular complexity index is 1030. The number of non-ortho nitro benzene ring substituents is 1. The van der Waals surface area contributed by atoms with Gasteiger partial charge in [0.1, 0.15) is 11.3 Å². The van der Waals surface area contributed by atoms with Crippen molar-refractivity contribution in [3.8, 4) is 5.75 Å². The summed E-state index contributed by atoms with van der Waals surface area (Å²) >= 11 is 1.41. The van der Waals surface area contributed by atoms with Crippen molar-refractivity contribution in [3.05, 3.63) is 62.9 Å². The summed E-state index contributed by atoms with van der Waals surface area (Å²) in [5.74, 6) is 0.298. The van der Waals surface area contributed by atoms with E-state index in [4.69, 9.17) is 4.74 Å². The maximum absolute atomic E-state index is 12.5. The van der Waals surface area contributed by atoms with Crippen molar-refractivity contribution in [2.45, 2.75) is 19.9 Å². The zero-order chi connectivity index (χ0) is 18.7. The molecule has 1 aromatic heterocycles. The van der Waals surface area contributed by atoms with Crippen molar-refractivity contribution < 1.29 is 14.5 Å². The van der Waals surface area contributed by atoms with Crippen LogP contribution >= 0.6 is 11.3 Å². The molecule has 0 atom stereocenters. The molecule has 3 rings (SSSR count). The third-order valence-electron chi connectivity index (χ3n) is 3.85. The summed E-state index contributed by atoms with van der Waals surface area (Å²) in [6.45, 7) is 2.75. The van der Waals surface area contributed by atoms with Crippen LogP contribution in [0, 0.1) is 10.1 Å². The van der Waals surface area contributed by atoms with Gasteiger partial charge in [-0.3, -0.25) is 14.9 Å². The van der Waals surface area contributed by atoms with Crippen molar-refractivity contribution in [1.29, 1.82) is 0 Å². The monoisotopic (exact) mass is 371 g/mol. The summed E-state index contributed by atoms with van der Waals surface area (Å²) in [5.41, 5.74) is 1.16. The Morgan fingerprint density at radius 3 is 2.62 bits per heavy atom. The molecule has 0 N–H and O–H groups in total. The normalized spacial score (nSPS) is 11.7. The fraction of sp³-hybridized carbons (Fsp3) is 0.222. The maximum Gasteiger partial charge on any atom is 0.279 e. The highest BCUT2D eigenvalue weighted by Gasteiger charge is 2.13. The maximum atomic E-state index is 12.5. The molecule has 0 aliphatic carbocycles. The summed E-state index contributed by atoms with van der Waals surface area (Å²) in [6.07, 6.45) is 0.878. The molecule has 0 aliphatic heterocycles. The van der Waals surface area contributed by atoms with E-state index in [1.807, 2.05) is 29.7 Å². The number of para-hydroxylation sites is 1. The molecule has 0 fully saturated rings. The van der Waals surface area contributed by atoms with Crippen LogP contribution in [0.2, 0.25) is 0 Å². The summed E-state index contributed by atoms with van der Waals surface area (Å²) < 4.78 is 8.40.